The third-order valence-electron chi connectivity index (χ3n) is 8.93. The summed E-state index contributed by atoms with van der Waals surface area (Å²) in [4.78, 5) is 29.0. The number of nitrogens with one attached hydrogen (secondary N) is 1. The van der Waals surface area contributed by atoms with Crippen molar-refractivity contribution in [3.8, 4) is 5.75 Å². The molecule has 0 saturated carbocycles. The summed E-state index contributed by atoms with van der Waals surface area (Å²) in [6.45, 7) is 8.69. The van der Waals surface area contributed by atoms with Crippen molar-refractivity contribution in [2.24, 2.45) is 11.3 Å². The van der Waals surface area contributed by atoms with Crippen molar-refractivity contribution in [1.82, 2.24) is 10.2 Å². The van der Waals surface area contributed by atoms with Gasteiger partial charge in [-0.3, -0.25) is 9.59 Å². The van der Waals surface area contributed by atoms with Crippen LogP contribution in [0.4, 0.5) is 5.69 Å². The highest BCUT2D eigenvalue weighted by atomic mass is 16.5. The first-order valence-corrected chi connectivity index (χ1v) is 11.8. The van der Waals surface area contributed by atoms with Gasteiger partial charge in [0, 0.05) is 12.5 Å². The summed E-state index contributed by atoms with van der Waals surface area (Å²) in [5, 5.41) is 17.0. The smallest absolute Gasteiger partial charge is 0.253 e. The quantitative estimate of drug-likeness (QED) is 0.491. The Labute approximate surface area is 192 Å². The van der Waals surface area contributed by atoms with Crippen LogP contribution in [-0.4, -0.2) is 50.4 Å². The molecule has 6 aliphatic heterocycles. The number of hydrogen-bond donors (Lipinski definition) is 1. The fourth-order valence-corrected chi connectivity index (χ4v) is 7.43. The van der Waals surface area contributed by atoms with E-state index in [-0.39, 0.29) is 17.7 Å². The Balaban J connectivity index is 1.49. The van der Waals surface area contributed by atoms with Crippen molar-refractivity contribution < 1.29 is 19.1 Å². The predicted octanol–water partition coefficient (Wildman–Crippen LogP) is 3.14. The molecule has 2 unspecified atom stereocenters. The van der Waals surface area contributed by atoms with Crippen molar-refractivity contribution in [2.75, 3.05) is 6.54 Å². The van der Waals surface area contributed by atoms with Crippen molar-refractivity contribution in [3.05, 3.63) is 40.6 Å². The van der Waals surface area contributed by atoms with Gasteiger partial charge in [-0.1, -0.05) is 0 Å². The van der Waals surface area contributed by atoms with Gasteiger partial charge in [-0.25, -0.2) is 0 Å². The van der Waals surface area contributed by atoms with Gasteiger partial charge < -0.3 is 20.2 Å². The molecule has 7 nitrogen and oxygen atoms in total. The zero-order valence-corrected chi connectivity index (χ0v) is 19.3. The number of carbonyl (C=O) groups excluding carboxylic acids is 2. The van der Waals surface area contributed by atoms with E-state index < -0.39 is 22.1 Å². The van der Waals surface area contributed by atoms with Gasteiger partial charge in [0.05, 0.1) is 22.1 Å². The number of allylic oxidation sites excluding steroid dienone is 1. The molecule has 6 heterocycles. The summed E-state index contributed by atoms with van der Waals surface area (Å²) in [5.41, 5.74) is 0.613. The standard InChI is InChI=1S/C26H27N3O4/c1-23(2)10-8-15-17(33-23)7-6-14-16-12-26-18(24(3,4)20(16)29(32)19(14)15)13-25(21(30)27-26)9-5-11-28(25)22(26)31/h6-8,10,12,18H,5,9,11,13H2,1-4H3,(H,27,30)/t18?,25-,26?/m1/s1. The number of fused-ring (bicyclic) bond motifs is 6. The molecule has 1 aromatic rings. The van der Waals surface area contributed by atoms with E-state index in [2.05, 4.69) is 19.2 Å². The molecule has 0 radical (unpaired) electrons. The lowest BCUT2D eigenvalue weighted by atomic mass is 9.51. The van der Waals surface area contributed by atoms with Gasteiger partial charge in [0.2, 0.25) is 17.3 Å². The molecule has 1 aliphatic carbocycles. The lowest BCUT2D eigenvalue weighted by Gasteiger charge is -2.62. The van der Waals surface area contributed by atoms with Gasteiger partial charge in [-0.2, -0.15) is 4.74 Å². The number of amides is 2. The van der Waals surface area contributed by atoms with Gasteiger partial charge in [-0.15, -0.1) is 0 Å². The average Bonchev–Trinajstić information content (AvgIpc) is 3.29. The van der Waals surface area contributed by atoms with Crippen molar-refractivity contribution in [1.29, 1.82) is 0 Å². The van der Waals surface area contributed by atoms with Crippen LogP contribution >= 0.6 is 0 Å². The highest BCUT2D eigenvalue weighted by Gasteiger charge is 2.74. The maximum atomic E-state index is 13.9. The Kier molecular flexibility index (Phi) is 3.14. The molecule has 4 fully saturated rings. The van der Waals surface area contributed by atoms with E-state index in [1.165, 1.54) is 0 Å². The van der Waals surface area contributed by atoms with E-state index in [1.807, 2.05) is 49.1 Å². The Morgan fingerprint density at radius 1 is 1.21 bits per heavy atom. The van der Waals surface area contributed by atoms with Gasteiger partial charge in [-0.05, 0) is 77.3 Å². The Morgan fingerprint density at radius 2 is 2.00 bits per heavy atom. The first-order valence-electron chi connectivity index (χ1n) is 11.8. The predicted molar refractivity (Wildman–Crippen MR) is 123 cm³/mol. The SMILES string of the molecule is CC1(C)C=Cc2c(ccc3c2[N+]([O-])=C2C3=CC34NC(=O)[C@@]5(CCCN5C3=O)CC4C2(C)C)O1. The van der Waals surface area contributed by atoms with E-state index in [0.717, 1.165) is 27.9 Å². The number of rotatable bonds is 0. The van der Waals surface area contributed by atoms with E-state index in [4.69, 9.17) is 4.74 Å². The largest absolute Gasteiger partial charge is 0.618 e. The third kappa shape index (κ3) is 1.98. The molecule has 2 spiro atoms. The van der Waals surface area contributed by atoms with Crippen LogP contribution in [0.1, 0.15) is 58.1 Å². The van der Waals surface area contributed by atoms with Gasteiger partial charge >= 0.3 is 0 Å². The van der Waals surface area contributed by atoms with E-state index >= 15 is 0 Å². The molecule has 3 atom stereocenters. The average molecular weight is 446 g/mol. The number of hydrogen-bond acceptors (Lipinski definition) is 4. The van der Waals surface area contributed by atoms with Crippen LogP contribution in [0.2, 0.25) is 0 Å². The second-order valence-corrected chi connectivity index (χ2v) is 11.5. The first-order chi connectivity index (χ1) is 15.5. The van der Waals surface area contributed by atoms with Crippen LogP contribution in [0.5, 0.6) is 5.75 Å². The molecule has 2 amide bonds. The van der Waals surface area contributed by atoms with Crippen LogP contribution in [0.25, 0.3) is 11.6 Å². The highest BCUT2D eigenvalue weighted by Crippen LogP contribution is 2.61. The summed E-state index contributed by atoms with van der Waals surface area (Å²) >= 11 is 0. The number of benzene rings is 1. The van der Waals surface area contributed by atoms with Crippen LogP contribution in [0.15, 0.2) is 24.3 Å². The number of piperazine rings is 1. The molecular weight excluding hydrogens is 418 g/mol. The normalized spacial score (nSPS) is 35.8. The summed E-state index contributed by atoms with van der Waals surface area (Å²) < 4.78 is 7.18. The van der Waals surface area contributed by atoms with Crippen LogP contribution in [-0.2, 0) is 9.59 Å². The number of piperidine rings is 2. The van der Waals surface area contributed by atoms with Crippen LogP contribution in [0, 0.1) is 16.5 Å². The first kappa shape index (κ1) is 19.4. The molecule has 1 N–H and O–H groups in total. The summed E-state index contributed by atoms with van der Waals surface area (Å²) in [7, 11) is 0. The number of ether oxygens (including phenoxy) is 1. The molecule has 0 aromatic heterocycles. The van der Waals surface area contributed by atoms with Crippen LogP contribution in [0.3, 0.4) is 0 Å². The molecule has 2 bridgehead atoms. The van der Waals surface area contributed by atoms with E-state index in [0.29, 0.717) is 36.5 Å². The van der Waals surface area contributed by atoms with Gasteiger partial charge in [0.15, 0.2) is 0 Å². The van der Waals surface area contributed by atoms with Crippen molar-refractivity contribution in [3.63, 3.8) is 0 Å². The van der Waals surface area contributed by atoms with Crippen LogP contribution < -0.4 is 10.1 Å². The Bertz CT molecular complexity index is 1300. The fraction of sp³-hybridized carbons (Fsp3) is 0.500. The summed E-state index contributed by atoms with van der Waals surface area (Å²) in [6.07, 6.45) is 7.93. The van der Waals surface area contributed by atoms with Crippen molar-refractivity contribution in [2.45, 2.75) is 63.6 Å². The van der Waals surface area contributed by atoms with E-state index in [9.17, 15) is 14.8 Å². The topological polar surface area (TPSA) is 84.7 Å². The number of carbonyl (C=O) groups is 2. The molecular formula is C26H27N3O4. The monoisotopic (exact) mass is 445 g/mol. The molecule has 1 aromatic carbocycles. The molecule has 33 heavy (non-hydrogen) atoms. The van der Waals surface area contributed by atoms with Gasteiger partial charge in [0.25, 0.3) is 5.91 Å². The minimum Gasteiger partial charge on any atom is -0.618 e. The minimum absolute atomic E-state index is 0.0238. The summed E-state index contributed by atoms with van der Waals surface area (Å²) in [6, 6.07) is 3.82. The highest BCUT2D eigenvalue weighted by molar-refractivity contribution is 6.30. The Morgan fingerprint density at radius 3 is 2.79 bits per heavy atom. The second kappa shape index (κ2) is 5.34. The molecule has 7 aliphatic rings. The lowest BCUT2D eigenvalue weighted by molar-refractivity contribution is -0.362. The zero-order valence-electron chi connectivity index (χ0n) is 19.3. The summed E-state index contributed by atoms with van der Waals surface area (Å²) in [5.74, 6) is 0.424. The third-order valence-corrected chi connectivity index (χ3v) is 8.93. The second-order valence-electron chi connectivity index (χ2n) is 11.5. The van der Waals surface area contributed by atoms with E-state index in [1.54, 1.807) is 0 Å². The lowest BCUT2D eigenvalue weighted by Crippen LogP contribution is -2.83. The fourth-order valence-electron chi connectivity index (χ4n) is 7.43. The Hall–Kier alpha value is -3.09. The van der Waals surface area contributed by atoms with Crippen molar-refractivity contribution >= 4 is 34.9 Å². The maximum absolute atomic E-state index is 13.9. The minimum atomic E-state index is -1.11. The molecule has 8 rings (SSSR count). The maximum Gasteiger partial charge on any atom is 0.253 e. The molecule has 170 valence electrons. The zero-order chi connectivity index (χ0) is 23.1. The molecule has 4 saturated heterocycles. The number of nitrogens with zero attached hydrogens (tertiary/aromatic N) is 2. The molecule has 7 heteroatoms. The van der Waals surface area contributed by atoms with Gasteiger partial charge in [0.1, 0.15) is 22.4 Å².